The van der Waals surface area contributed by atoms with Gasteiger partial charge in [0, 0.05) is 46.2 Å². The van der Waals surface area contributed by atoms with Crippen LogP contribution in [0.3, 0.4) is 0 Å². The number of pyridine rings is 1. The largest absolute Gasteiger partial charge is 0.461 e. The van der Waals surface area contributed by atoms with Crippen LogP contribution in [0.2, 0.25) is 25.7 Å². The second-order valence-corrected chi connectivity index (χ2v) is 19.0. The van der Waals surface area contributed by atoms with Crippen LogP contribution < -0.4 is 4.74 Å². The summed E-state index contributed by atoms with van der Waals surface area (Å²) in [7, 11) is -1.26. The molecule has 4 aromatic rings. The van der Waals surface area contributed by atoms with Crippen molar-refractivity contribution in [2.24, 2.45) is 0 Å². The number of fused-ring (bicyclic) bond motifs is 2. The number of carbonyl (C=O) groups excluding carboxylic acids is 2. The van der Waals surface area contributed by atoms with E-state index in [9.17, 15) is 9.59 Å². The molecular weight excluding hydrogens is 592 g/mol. The molecule has 11 nitrogen and oxygen atoms in total. The second kappa shape index (κ2) is 13.1. The van der Waals surface area contributed by atoms with Crippen LogP contribution in [0.1, 0.15) is 49.3 Å². The Labute approximate surface area is 264 Å². The molecule has 0 N–H and O–H groups in total. The third kappa shape index (κ3) is 7.92. The summed E-state index contributed by atoms with van der Waals surface area (Å²) in [4.78, 5) is 31.5. The Morgan fingerprint density at radius 2 is 1.89 bits per heavy atom. The summed E-state index contributed by atoms with van der Waals surface area (Å²) in [5.74, 6) is 0.974. The number of benzene rings is 1. The van der Waals surface area contributed by atoms with Gasteiger partial charge in [-0.15, -0.1) is 0 Å². The molecule has 4 heterocycles. The van der Waals surface area contributed by atoms with Gasteiger partial charge in [-0.2, -0.15) is 0 Å². The highest BCUT2D eigenvalue weighted by atomic mass is 28.3. The Morgan fingerprint density at radius 3 is 2.62 bits per heavy atom. The molecule has 0 fully saturated rings. The maximum Gasteiger partial charge on any atom is 0.410 e. The van der Waals surface area contributed by atoms with Crippen LogP contribution in [0.5, 0.6) is 11.5 Å². The molecule has 0 unspecified atom stereocenters. The van der Waals surface area contributed by atoms with E-state index in [2.05, 4.69) is 29.8 Å². The average Bonchev–Trinajstić information content (AvgIpc) is 3.60. The molecule has 1 aromatic carbocycles. The van der Waals surface area contributed by atoms with E-state index >= 15 is 0 Å². The van der Waals surface area contributed by atoms with Crippen molar-refractivity contribution in [2.75, 3.05) is 19.8 Å². The lowest BCUT2D eigenvalue weighted by molar-refractivity contribution is 0.0223. The topological polar surface area (TPSA) is 118 Å². The first kappa shape index (κ1) is 32.2. The molecule has 0 bridgehead atoms. The minimum Gasteiger partial charge on any atom is -0.461 e. The van der Waals surface area contributed by atoms with E-state index in [1.165, 1.54) is 0 Å². The molecule has 0 saturated carbocycles. The molecule has 0 atom stereocenters. The van der Waals surface area contributed by atoms with Gasteiger partial charge >= 0.3 is 12.1 Å². The van der Waals surface area contributed by atoms with Gasteiger partial charge in [0.1, 0.15) is 29.5 Å². The Morgan fingerprint density at radius 1 is 1.09 bits per heavy atom. The normalized spacial score (nSPS) is 13.5. The highest BCUT2D eigenvalue weighted by Gasteiger charge is 2.27. The molecule has 0 radical (unpaired) electrons. The van der Waals surface area contributed by atoms with Crippen LogP contribution in [0, 0.1) is 0 Å². The molecule has 0 spiro atoms. The zero-order valence-corrected chi connectivity index (χ0v) is 28.1. The number of nitrogens with zero attached hydrogens (tertiary/aromatic N) is 4. The number of carbonyl (C=O) groups is 2. The summed E-state index contributed by atoms with van der Waals surface area (Å²) >= 11 is 0. The molecule has 1 aliphatic rings. The Balaban J connectivity index is 1.46. The van der Waals surface area contributed by atoms with Gasteiger partial charge in [0.2, 0.25) is 0 Å². The van der Waals surface area contributed by atoms with Crippen molar-refractivity contribution in [3.05, 3.63) is 59.5 Å². The number of ether oxygens (including phenoxy) is 4. The van der Waals surface area contributed by atoms with E-state index in [-0.39, 0.29) is 25.1 Å². The predicted octanol–water partition coefficient (Wildman–Crippen LogP) is 7.27. The lowest BCUT2D eigenvalue weighted by atomic mass is 10.00. The third-order valence-corrected chi connectivity index (χ3v) is 8.98. The molecule has 3 aromatic heterocycles. The fourth-order valence-corrected chi connectivity index (χ4v) is 5.76. The Bertz CT molecular complexity index is 1680. The van der Waals surface area contributed by atoms with Gasteiger partial charge in [-0.1, -0.05) is 30.9 Å². The Hall–Kier alpha value is -4.16. The second-order valence-electron chi connectivity index (χ2n) is 13.3. The van der Waals surface area contributed by atoms with Gasteiger partial charge in [-0.05, 0) is 69.5 Å². The highest BCUT2D eigenvalue weighted by molar-refractivity contribution is 6.76. The van der Waals surface area contributed by atoms with Crippen molar-refractivity contribution >= 4 is 31.2 Å². The van der Waals surface area contributed by atoms with Crippen LogP contribution in [0.4, 0.5) is 4.79 Å². The highest BCUT2D eigenvalue weighted by Crippen LogP contribution is 2.39. The molecule has 5 rings (SSSR count). The standard InChI is InChI=1S/C33H42N4O7Si/c1-8-41-31(38)26-18-28(44-35-26)25-20-37(21-40-15-16-45(5,6)7)30-29(25)27(11-13-34-30)42-24-10-9-22-12-14-36(19-23(22)17-24)32(39)43-33(2,3)4/h9-11,13,17-18,20H,8,12,14-16,19,21H2,1-7H3. The fourth-order valence-electron chi connectivity index (χ4n) is 5.01. The lowest BCUT2D eigenvalue weighted by Gasteiger charge is -2.31. The average molecular weight is 635 g/mol. The van der Waals surface area contributed by atoms with Crippen molar-refractivity contribution in [1.82, 2.24) is 19.6 Å². The zero-order chi connectivity index (χ0) is 32.4. The smallest absolute Gasteiger partial charge is 0.410 e. The van der Waals surface area contributed by atoms with E-state index in [1.54, 1.807) is 30.2 Å². The van der Waals surface area contributed by atoms with E-state index in [1.807, 2.05) is 49.7 Å². The number of aromatic nitrogens is 3. The summed E-state index contributed by atoms with van der Waals surface area (Å²) in [5.41, 5.74) is 2.96. The summed E-state index contributed by atoms with van der Waals surface area (Å²) in [6, 6.07) is 10.3. The number of hydrogen-bond donors (Lipinski definition) is 0. The van der Waals surface area contributed by atoms with Gasteiger partial charge < -0.3 is 32.9 Å². The molecule has 12 heteroatoms. The van der Waals surface area contributed by atoms with Crippen LogP contribution >= 0.6 is 0 Å². The molecular formula is C33H42N4O7Si. The van der Waals surface area contributed by atoms with Crippen LogP contribution in [-0.2, 0) is 33.9 Å². The van der Waals surface area contributed by atoms with Crippen LogP contribution in [0.15, 0.2) is 47.2 Å². The van der Waals surface area contributed by atoms with E-state index in [4.69, 9.17) is 23.5 Å². The maximum atomic E-state index is 12.8. The van der Waals surface area contributed by atoms with Gasteiger partial charge in [0.25, 0.3) is 0 Å². The van der Waals surface area contributed by atoms with Gasteiger partial charge in [0.05, 0.1) is 17.6 Å². The Kier molecular flexibility index (Phi) is 9.35. The molecule has 45 heavy (non-hydrogen) atoms. The SMILES string of the molecule is CCOC(=O)c1cc(-c2cn(COCC[Si](C)(C)C)c3nccc(Oc4ccc5c(c4)CN(C(=O)OC(C)(C)C)CC5)c23)on1. The first-order valence-electron chi connectivity index (χ1n) is 15.3. The van der Waals surface area contributed by atoms with Crippen molar-refractivity contribution in [2.45, 2.75) is 78.7 Å². The van der Waals surface area contributed by atoms with Crippen LogP contribution in [0.25, 0.3) is 22.4 Å². The number of hydrogen-bond acceptors (Lipinski definition) is 9. The maximum absolute atomic E-state index is 12.8. The minimum absolute atomic E-state index is 0.0784. The lowest BCUT2D eigenvalue weighted by Crippen LogP contribution is -2.39. The zero-order valence-electron chi connectivity index (χ0n) is 27.1. The summed E-state index contributed by atoms with van der Waals surface area (Å²) in [6.07, 6.45) is 3.96. The molecule has 240 valence electrons. The van der Waals surface area contributed by atoms with Crippen molar-refractivity contribution in [3.63, 3.8) is 0 Å². The van der Waals surface area contributed by atoms with Crippen LogP contribution in [-0.4, -0.2) is 65.1 Å². The van der Waals surface area contributed by atoms with Gasteiger partial charge in [0.15, 0.2) is 11.5 Å². The van der Waals surface area contributed by atoms with Crippen molar-refractivity contribution < 1.29 is 33.1 Å². The van der Waals surface area contributed by atoms with E-state index < -0.39 is 19.6 Å². The summed E-state index contributed by atoms with van der Waals surface area (Å²) < 4.78 is 30.8. The predicted molar refractivity (Wildman–Crippen MR) is 172 cm³/mol. The first-order valence-corrected chi connectivity index (χ1v) is 19.0. The van der Waals surface area contributed by atoms with Crippen molar-refractivity contribution in [1.29, 1.82) is 0 Å². The third-order valence-electron chi connectivity index (χ3n) is 7.28. The summed E-state index contributed by atoms with van der Waals surface area (Å²) in [5, 5.41) is 4.63. The number of rotatable bonds is 10. The van der Waals surface area contributed by atoms with Gasteiger partial charge in [-0.3, -0.25) is 0 Å². The minimum atomic E-state index is -1.26. The summed E-state index contributed by atoms with van der Waals surface area (Å²) in [6.45, 7) is 16.4. The first-order chi connectivity index (χ1) is 21.3. The van der Waals surface area contributed by atoms with E-state index in [0.717, 1.165) is 23.6 Å². The van der Waals surface area contributed by atoms with E-state index in [0.29, 0.717) is 53.6 Å². The fraction of sp³-hybridized carbons (Fsp3) is 0.455. The monoisotopic (exact) mass is 634 g/mol. The number of esters is 1. The molecule has 0 saturated heterocycles. The van der Waals surface area contributed by atoms with Gasteiger partial charge in [-0.25, -0.2) is 14.6 Å². The van der Waals surface area contributed by atoms with Crippen molar-refractivity contribution in [3.8, 4) is 22.8 Å². The molecule has 0 aliphatic carbocycles. The molecule has 1 amide bonds. The quantitative estimate of drug-likeness (QED) is 0.101. The molecule has 1 aliphatic heterocycles. The number of amides is 1.